The topological polar surface area (TPSA) is 51.0 Å². The molecule has 0 amide bonds. The molecule has 1 aromatic carbocycles. The van der Waals surface area contributed by atoms with Crippen molar-refractivity contribution >= 4 is 27.6 Å². The second-order valence-corrected chi connectivity index (χ2v) is 4.35. The van der Waals surface area contributed by atoms with E-state index in [1.807, 2.05) is 37.3 Å². The third-order valence-electron chi connectivity index (χ3n) is 2.40. The summed E-state index contributed by atoms with van der Waals surface area (Å²) in [5.41, 5.74) is 0.863. The number of aromatic nitrogens is 2. The first-order valence-electron chi connectivity index (χ1n) is 5.43. The first kappa shape index (κ1) is 10.3. The summed E-state index contributed by atoms with van der Waals surface area (Å²) >= 11 is 1.35. The molecular weight excluding hydrogens is 234 g/mol. The van der Waals surface area contributed by atoms with Crippen molar-refractivity contribution in [3.05, 3.63) is 30.3 Å². The largest absolute Gasteiger partial charge is 0.453 e. The smallest absolute Gasteiger partial charge is 0.210 e. The van der Waals surface area contributed by atoms with Crippen molar-refractivity contribution in [1.29, 1.82) is 0 Å². The van der Waals surface area contributed by atoms with Crippen molar-refractivity contribution in [2.75, 3.05) is 11.9 Å². The van der Waals surface area contributed by atoms with E-state index in [1.54, 1.807) is 0 Å². The van der Waals surface area contributed by atoms with Gasteiger partial charge >= 0.3 is 0 Å². The molecule has 2 heterocycles. The number of anilines is 1. The van der Waals surface area contributed by atoms with E-state index >= 15 is 0 Å². The second kappa shape index (κ2) is 4.18. The Labute approximate surface area is 102 Å². The standard InChI is InChI=1S/C12H11N3OS/c1-2-13-12-14-11(15-17-12)10-7-8-5-3-4-6-9(8)16-10/h3-7H,2H2,1H3,(H,13,14,15). The maximum atomic E-state index is 5.70. The molecule has 0 radical (unpaired) electrons. The Morgan fingerprint density at radius 1 is 1.35 bits per heavy atom. The Bertz CT molecular complexity index is 611. The van der Waals surface area contributed by atoms with Crippen LogP contribution in [0.15, 0.2) is 34.7 Å². The van der Waals surface area contributed by atoms with Crippen LogP contribution in [0, 0.1) is 0 Å². The third-order valence-corrected chi connectivity index (χ3v) is 3.07. The average Bonchev–Trinajstić information content (AvgIpc) is 2.94. The lowest BCUT2D eigenvalue weighted by Crippen LogP contribution is -1.94. The zero-order valence-electron chi connectivity index (χ0n) is 9.30. The van der Waals surface area contributed by atoms with Crippen LogP contribution in [0.25, 0.3) is 22.6 Å². The summed E-state index contributed by atoms with van der Waals surface area (Å²) in [6.07, 6.45) is 0. The number of rotatable bonds is 3. The van der Waals surface area contributed by atoms with E-state index in [0.29, 0.717) is 11.6 Å². The van der Waals surface area contributed by atoms with Gasteiger partial charge in [0.05, 0.1) is 0 Å². The number of para-hydroxylation sites is 1. The maximum absolute atomic E-state index is 5.70. The highest BCUT2D eigenvalue weighted by molar-refractivity contribution is 7.09. The Morgan fingerprint density at radius 3 is 3.06 bits per heavy atom. The lowest BCUT2D eigenvalue weighted by atomic mass is 10.2. The van der Waals surface area contributed by atoms with Gasteiger partial charge in [-0.25, -0.2) is 0 Å². The number of nitrogens with zero attached hydrogens (tertiary/aromatic N) is 2. The summed E-state index contributed by atoms with van der Waals surface area (Å²) in [4.78, 5) is 4.37. The number of hydrogen-bond donors (Lipinski definition) is 1. The fraction of sp³-hybridized carbons (Fsp3) is 0.167. The summed E-state index contributed by atoms with van der Waals surface area (Å²) in [5.74, 6) is 1.36. The van der Waals surface area contributed by atoms with Gasteiger partial charge in [-0.05, 0) is 19.1 Å². The lowest BCUT2D eigenvalue weighted by Gasteiger charge is -1.91. The van der Waals surface area contributed by atoms with Crippen molar-refractivity contribution in [1.82, 2.24) is 9.36 Å². The van der Waals surface area contributed by atoms with Crippen LogP contribution in [0.1, 0.15) is 6.92 Å². The summed E-state index contributed by atoms with van der Waals surface area (Å²) in [6.45, 7) is 2.87. The van der Waals surface area contributed by atoms with Crippen LogP contribution in [-0.4, -0.2) is 15.9 Å². The molecule has 5 heteroatoms. The summed E-state index contributed by atoms with van der Waals surface area (Å²) < 4.78 is 9.97. The highest BCUT2D eigenvalue weighted by Crippen LogP contribution is 2.27. The van der Waals surface area contributed by atoms with Gasteiger partial charge in [-0.15, -0.1) is 0 Å². The molecule has 0 bridgehead atoms. The molecule has 0 aliphatic carbocycles. The van der Waals surface area contributed by atoms with E-state index in [0.717, 1.165) is 22.6 Å². The summed E-state index contributed by atoms with van der Waals surface area (Å²) in [7, 11) is 0. The van der Waals surface area contributed by atoms with Gasteiger partial charge in [-0.3, -0.25) is 0 Å². The van der Waals surface area contributed by atoms with E-state index in [-0.39, 0.29) is 0 Å². The number of fused-ring (bicyclic) bond motifs is 1. The lowest BCUT2D eigenvalue weighted by molar-refractivity contribution is 0.627. The van der Waals surface area contributed by atoms with Crippen LogP contribution in [0.3, 0.4) is 0 Å². The van der Waals surface area contributed by atoms with E-state index in [1.165, 1.54) is 11.5 Å². The summed E-state index contributed by atoms with van der Waals surface area (Å²) in [6, 6.07) is 9.86. The number of nitrogens with one attached hydrogen (secondary N) is 1. The van der Waals surface area contributed by atoms with Gasteiger partial charge in [0.15, 0.2) is 5.76 Å². The minimum atomic E-state index is 0.641. The van der Waals surface area contributed by atoms with Gasteiger partial charge in [0.2, 0.25) is 11.0 Å². The van der Waals surface area contributed by atoms with Crippen molar-refractivity contribution in [3.63, 3.8) is 0 Å². The molecular formula is C12H11N3OS. The molecule has 0 saturated heterocycles. The molecule has 1 N–H and O–H groups in total. The van der Waals surface area contributed by atoms with Gasteiger partial charge in [0, 0.05) is 23.5 Å². The Balaban J connectivity index is 2.01. The van der Waals surface area contributed by atoms with Gasteiger partial charge < -0.3 is 9.73 Å². The zero-order valence-corrected chi connectivity index (χ0v) is 10.1. The first-order valence-corrected chi connectivity index (χ1v) is 6.20. The maximum Gasteiger partial charge on any atom is 0.210 e. The molecule has 17 heavy (non-hydrogen) atoms. The fourth-order valence-corrected chi connectivity index (χ4v) is 2.28. The minimum absolute atomic E-state index is 0.641. The van der Waals surface area contributed by atoms with Crippen molar-refractivity contribution in [2.45, 2.75) is 6.92 Å². The number of hydrogen-bond acceptors (Lipinski definition) is 5. The molecule has 0 atom stereocenters. The van der Waals surface area contributed by atoms with Crippen LogP contribution in [0.5, 0.6) is 0 Å². The molecule has 2 aromatic heterocycles. The molecule has 0 saturated carbocycles. The van der Waals surface area contributed by atoms with E-state index in [2.05, 4.69) is 14.7 Å². The van der Waals surface area contributed by atoms with Gasteiger partial charge in [-0.1, -0.05) is 18.2 Å². The van der Waals surface area contributed by atoms with Crippen LogP contribution >= 0.6 is 11.5 Å². The van der Waals surface area contributed by atoms with Crippen molar-refractivity contribution in [2.24, 2.45) is 0 Å². The van der Waals surface area contributed by atoms with Crippen LogP contribution in [0.2, 0.25) is 0 Å². The SMILES string of the molecule is CCNc1nc(-c2cc3ccccc3o2)ns1. The zero-order chi connectivity index (χ0) is 11.7. The Kier molecular flexibility index (Phi) is 2.53. The molecule has 3 aromatic rings. The quantitative estimate of drug-likeness (QED) is 0.768. The molecule has 4 nitrogen and oxygen atoms in total. The Hall–Kier alpha value is -1.88. The first-order chi connectivity index (χ1) is 8.36. The molecule has 0 fully saturated rings. The molecule has 0 spiro atoms. The van der Waals surface area contributed by atoms with E-state index in [4.69, 9.17) is 4.42 Å². The number of benzene rings is 1. The average molecular weight is 245 g/mol. The molecule has 0 unspecified atom stereocenters. The van der Waals surface area contributed by atoms with Gasteiger partial charge in [0.25, 0.3) is 0 Å². The highest BCUT2D eigenvalue weighted by atomic mass is 32.1. The normalized spacial score (nSPS) is 10.9. The molecule has 0 aliphatic rings. The number of furan rings is 1. The van der Waals surface area contributed by atoms with Crippen molar-refractivity contribution < 1.29 is 4.42 Å². The van der Waals surface area contributed by atoms with E-state index < -0.39 is 0 Å². The summed E-state index contributed by atoms with van der Waals surface area (Å²) in [5, 5.41) is 5.03. The molecule has 0 aliphatic heterocycles. The van der Waals surface area contributed by atoms with Crippen LogP contribution in [-0.2, 0) is 0 Å². The molecule has 86 valence electrons. The van der Waals surface area contributed by atoms with Gasteiger partial charge in [0.1, 0.15) is 5.58 Å². The third kappa shape index (κ3) is 1.89. The van der Waals surface area contributed by atoms with Gasteiger partial charge in [-0.2, -0.15) is 9.36 Å². The second-order valence-electron chi connectivity index (χ2n) is 3.60. The minimum Gasteiger partial charge on any atom is -0.453 e. The predicted octanol–water partition coefficient (Wildman–Crippen LogP) is 3.38. The highest BCUT2D eigenvalue weighted by Gasteiger charge is 2.11. The van der Waals surface area contributed by atoms with Crippen LogP contribution in [0.4, 0.5) is 5.13 Å². The van der Waals surface area contributed by atoms with E-state index in [9.17, 15) is 0 Å². The fourth-order valence-electron chi connectivity index (χ4n) is 1.64. The Morgan fingerprint density at radius 2 is 2.24 bits per heavy atom. The van der Waals surface area contributed by atoms with Crippen molar-refractivity contribution in [3.8, 4) is 11.6 Å². The molecule has 3 rings (SSSR count). The monoisotopic (exact) mass is 245 g/mol. The van der Waals surface area contributed by atoms with Crippen LogP contribution < -0.4 is 5.32 Å². The predicted molar refractivity (Wildman–Crippen MR) is 69.3 cm³/mol.